The first-order valence-electron chi connectivity index (χ1n) is 4.84. The Morgan fingerprint density at radius 1 is 1.09 bits per heavy atom. The Kier molecular flexibility index (Phi) is 6.18. The molecule has 0 radical (unpaired) electrons. The van der Waals surface area contributed by atoms with Gasteiger partial charge in [0.2, 0.25) is 0 Å². The van der Waals surface area contributed by atoms with Gasteiger partial charge >= 0.3 is 0 Å². The fraction of sp³-hybridized carbons (Fsp3) is 1.00. The van der Waals surface area contributed by atoms with Crippen molar-refractivity contribution in [2.75, 3.05) is 0 Å². The summed E-state index contributed by atoms with van der Waals surface area (Å²) in [6, 6.07) is 2.32. The Hall–Kier alpha value is 0.394. The zero-order valence-electron chi connectivity index (χ0n) is 8.19. The predicted molar refractivity (Wildman–Crippen MR) is 57.3 cm³/mol. The third-order valence-electron chi connectivity index (χ3n) is 2.14. The number of hydrogen-bond donors (Lipinski definition) is 1. The predicted octanol–water partition coefficient (Wildman–Crippen LogP) is 1.39. The van der Waals surface area contributed by atoms with E-state index in [0.29, 0.717) is 0 Å². The molecule has 3 heteroatoms. The molecule has 0 unspecified atom stereocenters. The number of hydrogen-bond acceptors (Lipinski definition) is 1. The molecule has 11 heavy (non-hydrogen) atoms. The maximum absolute atomic E-state index is 9.98. The highest BCUT2D eigenvalue weighted by molar-refractivity contribution is 7.12. The normalized spacial score (nSPS) is 12.3. The maximum Gasteiger partial charge on any atom is 0.164 e. The Balaban J connectivity index is 3.43. The standard InChI is InChI=1S/C8H22OSi2/c1-3-5-7-11(9,10)8-6-4-2/h9H,3-8H2,1-2,10H3. The number of rotatable bonds is 6. The van der Waals surface area contributed by atoms with Gasteiger partial charge in [-0.25, -0.2) is 0 Å². The summed E-state index contributed by atoms with van der Waals surface area (Å²) < 4.78 is 0. The largest absolute Gasteiger partial charge is 0.435 e. The SMILES string of the molecule is CCCC[Si](O)([SiH3])CCCC. The first-order valence-corrected chi connectivity index (χ1v) is 10.7. The zero-order valence-corrected chi connectivity index (χ0v) is 11.2. The summed E-state index contributed by atoms with van der Waals surface area (Å²) in [5, 5.41) is 0. The molecule has 1 nitrogen and oxygen atoms in total. The van der Waals surface area contributed by atoms with Crippen LogP contribution in [0.15, 0.2) is 0 Å². The van der Waals surface area contributed by atoms with E-state index in [1.54, 1.807) is 0 Å². The summed E-state index contributed by atoms with van der Waals surface area (Å²) in [6.45, 7) is 4.40. The average molecular weight is 190 g/mol. The second-order valence-electron chi connectivity index (χ2n) is 3.70. The number of unbranched alkanes of at least 4 members (excludes halogenated alkanes) is 2. The Morgan fingerprint density at radius 2 is 1.45 bits per heavy atom. The lowest BCUT2D eigenvalue weighted by molar-refractivity contribution is 0.543. The fourth-order valence-corrected chi connectivity index (χ4v) is 5.84. The molecule has 0 saturated heterocycles. The lowest BCUT2D eigenvalue weighted by Gasteiger charge is -2.19. The van der Waals surface area contributed by atoms with Gasteiger partial charge in [-0.3, -0.25) is 0 Å². The van der Waals surface area contributed by atoms with E-state index in [2.05, 4.69) is 13.8 Å². The van der Waals surface area contributed by atoms with E-state index in [1.807, 2.05) is 0 Å². The van der Waals surface area contributed by atoms with Crippen LogP contribution in [0.3, 0.4) is 0 Å². The minimum Gasteiger partial charge on any atom is -0.435 e. The topological polar surface area (TPSA) is 20.2 Å². The molecule has 0 fully saturated rings. The molecule has 0 aromatic heterocycles. The second kappa shape index (κ2) is 5.97. The molecule has 0 aliphatic rings. The molecule has 0 amide bonds. The highest BCUT2D eigenvalue weighted by atomic mass is 29.2. The van der Waals surface area contributed by atoms with Gasteiger partial charge in [0.1, 0.15) is 0 Å². The zero-order chi connectivity index (χ0) is 8.74. The Labute approximate surface area is 74.6 Å². The van der Waals surface area contributed by atoms with Crippen molar-refractivity contribution in [3.05, 3.63) is 0 Å². The quantitative estimate of drug-likeness (QED) is 0.628. The molecule has 0 saturated carbocycles. The Morgan fingerprint density at radius 3 is 1.73 bits per heavy atom. The van der Waals surface area contributed by atoms with Gasteiger partial charge in [0.05, 0.1) is 0 Å². The highest BCUT2D eigenvalue weighted by Crippen LogP contribution is 2.14. The molecular weight excluding hydrogens is 168 g/mol. The van der Waals surface area contributed by atoms with E-state index >= 15 is 0 Å². The first-order chi connectivity index (χ1) is 5.12. The summed E-state index contributed by atoms with van der Waals surface area (Å²) in [5.41, 5.74) is 0. The van der Waals surface area contributed by atoms with Gasteiger partial charge in [0, 0.05) is 9.76 Å². The third kappa shape index (κ3) is 6.78. The molecule has 0 aromatic rings. The third-order valence-corrected chi connectivity index (χ3v) is 8.00. The van der Waals surface area contributed by atoms with Gasteiger partial charge in [-0.1, -0.05) is 39.5 Å². The van der Waals surface area contributed by atoms with Gasteiger partial charge < -0.3 is 4.80 Å². The second-order valence-corrected chi connectivity index (χ2v) is 13.3. The van der Waals surface area contributed by atoms with Crippen LogP contribution in [0, 0.1) is 0 Å². The van der Waals surface area contributed by atoms with Crippen molar-refractivity contribution in [3.63, 3.8) is 0 Å². The highest BCUT2D eigenvalue weighted by Gasteiger charge is 2.21. The van der Waals surface area contributed by atoms with Crippen LogP contribution in [0.25, 0.3) is 0 Å². The average Bonchev–Trinajstić information content (AvgIpc) is 1.97. The molecule has 0 heterocycles. The van der Waals surface area contributed by atoms with Gasteiger partial charge in [-0.05, 0) is 12.1 Å². The van der Waals surface area contributed by atoms with Crippen LogP contribution in [-0.2, 0) is 0 Å². The molecule has 1 N–H and O–H groups in total. The first kappa shape index (κ1) is 11.4. The van der Waals surface area contributed by atoms with E-state index in [1.165, 1.54) is 25.7 Å². The lowest BCUT2D eigenvalue weighted by Crippen LogP contribution is -2.34. The summed E-state index contributed by atoms with van der Waals surface area (Å²) in [5.74, 6) is 0. The van der Waals surface area contributed by atoms with Crippen molar-refractivity contribution < 1.29 is 4.80 Å². The molecule has 68 valence electrons. The lowest BCUT2D eigenvalue weighted by atomic mass is 10.4. The van der Waals surface area contributed by atoms with Crippen LogP contribution in [0.4, 0.5) is 0 Å². The minimum absolute atomic E-state index is 1.07. The van der Waals surface area contributed by atoms with Crippen molar-refractivity contribution in [2.24, 2.45) is 0 Å². The van der Waals surface area contributed by atoms with Crippen LogP contribution >= 0.6 is 0 Å². The van der Waals surface area contributed by atoms with E-state index < -0.39 is 7.83 Å². The summed E-state index contributed by atoms with van der Waals surface area (Å²) in [4.78, 5) is 9.98. The monoisotopic (exact) mass is 190 g/mol. The van der Waals surface area contributed by atoms with E-state index in [9.17, 15) is 4.80 Å². The molecule has 0 bridgehead atoms. The minimum atomic E-state index is -1.61. The van der Waals surface area contributed by atoms with Crippen LogP contribution < -0.4 is 0 Å². The van der Waals surface area contributed by atoms with Crippen molar-refractivity contribution in [1.82, 2.24) is 0 Å². The molecule has 0 aliphatic carbocycles. The van der Waals surface area contributed by atoms with Crippen LogP contribution in [0.5, 0.6) is 0 Å². The molecule has 0 aliphatic heterocycles. The van der Waals surface area contributed by atoms with Gasteiger partial charge in [0.25, 0.3) is 0 Å². The van der Waals surface area contributed by atoms with Crippen molar-refractivity contribution in [3.8, 4) is 0 Å². The van der Waals surface area contributed by atoms with Crippen LogP contribution in [0.1, 0.15) is 39.5 Å². The summed E-state index contributed by atoms with van der Waals surface area (Å²) in [6.07, 6.45) is 4.97. The van der Waals surface area contributed by atoms with Crippen LogP contribution in [0.2, 0.25) is 12.1 Å². The molecule has 0 atom stereocenters. The van der Waals surface area contributed by atoms with E-state index in [-0.39, 0.29) is 0 Å². The van der Waals surface area contributed by atoms with Gasteiger partial charge in [-0.15, -0.1) is 0 Å². The van der Waals surface area contributed by atoms with Crippen molar-refractivity contribution in [2.45, 2.75) is 51.6 Å². The van der Waals surface area contributed by atoms with Crippen molar-refractivity contribution in [1.29, 1.82) is 0 Å². The molecule has 0 aromatic carbocycles. The van der Waals surface area contributed by atoms with E-state index in [4.69, 9.17) is 0 Å². The maximum atomic E-state index is 9.98. The smallest absolute Gasteiger partial charge is 0.164 e. The van der Waals surface area contributed by atoms with E-state index in [0.717, 1.165) is 21.8 Å². The molecule has 0 spiro atoms. The van der Waals surface area contributed by atoms with Gasteiger partial charge in [-0.2, -0.15) is 0 Å². The summed E-state index contributed by atoms with van der Waals surface area (Å²) in [7, 11) is -0.535. The Bertz CT molecular complexity index is 84.1. The van der Waals surface area contributed by atoms with Gasteiger partial charge in [0.15, 0.2) is 7.83 Å². The van der Waals surface area contributed by atoms with Crippen LogP contribution in [-0.4, -0.2) is 22.4 Å². The molecular formula is C8H22OSi2. The fourth-order valence-electron chi connectivity index (χ4n) is 1.24. The summed E-state index contributed by atoms with van der Waals surface area (Å²) >= 11 is 0. The molecule has 0 rings (SSSR count). The van der Waals surface area contributed by atoms with Crippen molar-refractivity contribution >= 4 is 17.6 Å².